The van der Waals surface area contributed by atoms with Crippen LogP contribution >= 0.6 is 0 Å². The van der Waals surface area contributed by atoms with Gasteiger partial charge >= 0.3 is 0 Å². The van der Waals surface area contributed by atoms with Gasteiger partial charge in [-0.1, -0.05) is 6.07 Å². The van der Waals surface area contributed by atoms with E-state index in [0.29, 0.717) is 5.56 Å². The van der Waals surface area contributed by atoms with Gasteiger partial charge in [0.2, 0.25) is 5.91 Å². The fourth-order valence-corrected chi connectivity index (χ4v) is 2.63. The average molecular weight is 271 g/mol. The number of anilines is 1. The van der Waals surface area contributed by atoms with Gasteiger partial charge in [0.05, 0.1) is 5.69 Å². The van der Waals surface area contributed by atoms with E-state index in [2.05, 4.69) is 5.32 Å². The smallest absolute Gasteiger partial charge is 0.297 e. The van der Waals surface area contributed by atoms with Gasteiger partial charge in [-0.25, -0.2) is 0 Å². The molecule has 0 saturated carbocycles. The molecule has 6 nitrogen and oxygen atoms in total. The minimum atomic E-state index is -4.61. The third kappa shape index (κ3) is 2.93. The van der Waals surface area contributed by atoms with Crippen molar-refractivity contribution in [2.75, 3.05) is 5.32 Å². The molecule has 0 aliphatic rings. The number of hydrogen-bond acceptors (Lipinski definition) is 4. The molecule has 0 aliphatic heterocycles. The number of amides is 1. The van der Waals surface area contributed by atoms with Crippen LogP contribution in [0.5, 0.6) is 0 Å². The zero-order chi connectivity index (χ0) is 14.1. The monoisotopic (exact) mass is 271 g/mol. The van der Waals surface area contributed by atoms with Crippen molar-refractivity contribution in [3.05, 3.63) is 23.3 Å². The second-order valence-electron chi connectivity index (χ2n) is 3.85. The van der Waals surface area contributed by atoms with Gasteiger partial charge < -0.3 is 5.32 Å². The Morgan fingerprint density at radius 1 is 1.22 bits per heavy atom. The Morgan fingerprint density at radius 2 is 1.78 bits per heavy atom. The number of hydrogen-bond donors (Lipinski definition) is 2. The van der Waals surface area contributed by atoms with Crippen LogP contribution in [0.2, 0.25) is 0 Å². The van der Waals surface area contributed by atoms with Crippen LogP contribution in [-0.2, 0) is 14.9 Å². The molecule has 0 atom stereocenters. The highest BCUT2D eigenvalue weighted by atomic mass is 32.2. The molecular weight excluding hydrogens is 258 g/mol. The van der Waals surface area contributed by atoms with Gasteiger partial charge in [-0.05, 0) is 25.5 Å². The quantitative estimate of drug-likeness (QED) is 0.639. The van der Waals surface area contributed by atoms with E-state index in [9.17, 15) is 22.6 Å². The molecule has 0 aromatic heterocycles. The highest BCUT2D eigenvalue weighted by molar-refractivity contribution is 7.86. The molecule has 1 aromatic rings. The first-order valence-corrected chi connectivity index (χ1v) is 6.48. The lowest BCUT2D eigenvalue weighted by atomic mass is 10.0. The highest BCUT2D eigenvalue weighted by Crippen LogP contribution is 2.28. The van der Waals surface area contributed by atoms with Crippen molar-refractivity contribution in [1.29, 1.82) is 0 Å². The first-order chi connectivity index (χ1) is 8.14. The molecule has 0 radical (unpaired) electrons. The predicted octanol–water partition coefficient (Wildman–Crippen LogP) is 1.40. The molecule has 0 unspecified atom stereocenters. The summed E-state index contributed by atoms with van der Waals surface area (Å²) >= 11 is 0. The van der Waals surface area contributed by atoms with Crippen molar-refractivity contribution in [3.8, 4) is 0 Å². The summed E-state index contributed by atoms with van der Waals surface area (Å²) < 4.78 is 31.9. The Balaban J connectivity index is 3.71. The van der Waals surface area contributed by atoms with Crippen LogP contribution in [0, 0.1) is 6.92 Å². The summed E-state index contributed by atoms with van der Waals surface area (Å²) in [5, 5.41) is 2.27. The molecule has 0 spiro atoms. The van der Waals surface area contributed by atoms with Gasteiger partial charge in [-0.2, -0.15) is 8.42 Å². The Hall–Kier alpha value is -1.73. The van der Waals surface area contributed by atoms with Crippen molar-refractivity contribution in [3.63, 3.8) is 0 Å². The summed E-state index contributed by atoms with van der Waals surface area (Å²) in [7, 11) is -4.61. The number of rotatable bonds is 3. The average Bonchev–Trinajstić information content (AvgIpc) is 2.17. The maximum absolute atomic E-state index is 11.5. The van der Waals surface area contributed by atoms with E-state index in [1.165, 1.54) is 26.0 Å². The molecule has 0 heterocycles. The number of Topliss-reactive ketones (excluding diaryl/α,β-unsaturated/α-hetero) is 1. The Bertz CT molecular complexity index is 619. The van der Waals surface area contributed by atoms with Crippen LogP contribution in [0.25, 0.3) is 0 Å². The van der Waals surface area contributed by atoms with E-state index in [1.807, 2.05) is 0 Å². The van der Waals surface area contributed by atoms with E-state index in [0.717, 1.165) is 0 Å². The molecule has 0 saturated heterocycles. The molecular formula is C11H13NO5S. The van der Waals surface area contributed by atoms with E-state index in [4.69, 9.17) is 0 Å². The number of benzene rings is 1. The molecule has 18 heavy (non-hydrogen) atoms. The van der Waals surface area contributed by atoms with Crippen LogP contribution in [0.3, 0.4) is 0 Å². The third-order valence-corrected chi connectivity index (χ3v) is 3.23. The maximum Gasteiger partial charge on any atom is 0.297 e. The number of nitrogens with one attached hydrogen (secondary N) is 1. The van der Waals surface area contributed by atoms with Crippen LogP contribution in [-0.4, -0.2) is 24.7 Å². The fourth-order valence-electron chi connectivity index (χ4n) is 1.67. The first kappa shape index (κ1) is 14.3. The Labute approximate surface area is 105 Å². The van der Waals surface area contributed by atoms with Gasteiger partial charge in [0, 0.05) is 12.5 Å². The standard InChI is InChI=1S/C11H13NO5S/c1-6-4-5-9(12-8(3)14)11(18(15,16)17)10(6)7(2)13/h4-5H,1-3H3,(H,12,14)(H,15,16,17). The highest BCUT2D eigenvalue weighted by Gasteiger charge is 2.25. The van der Waals surface area contributed by atoms with Crippen LogP contribution in [0.4, 0.5) is 5.69 Å². The molecule has 0 fully saturated rings. The topological polar surface area (TPSA) is 101 Å². The lowest BCUT2D eigenvalue weighted by Gasteiger charge is -2.13. The summed E-state index contributed by atoms with van der Waals surface area (Å²) in [6, 6.07) is 2.82. The second-order valence-corrected chi connectivity index (χ2v) is 5.20. The van der Waals surface area contributed by atoms with Gasteiger partial charge in [0.25, 0.3) is 10.1 Å². The number of ketones is 1. The lowest BCUT2D eigenvalue weighted by molar-refractivity contribution is -0.114. The summed E-state index contributed by atoms with van der Waals surface area (Å²) in [6.45, 7) is 3.93. The molecule has 0 bridgehead atoms. The van der Waals surface area contributed by atoms with Gasteiger partial charge in [0.15, 0.2) is 5.78 Å². The summed E-state index contributed by atoms with van der Waals surface area (Å²) in [5.41, 5.74) is 0.175. The molecule has 1 rings (SSSR count). The number of carbonyl (C=O) groups is 2. The molecule has 98 valence electrons. The van der Waals surface area contributed by atoms with Crippen LogP contribution < -0.4 is 5.32 Å². The molecule has 1 amide bonds. The van der Waals surface area contributed by atoms with Crippen molar-refractivity contribution in [2.45, 2.75) is 25.7 Å². The summed E-state index contributed by atoms with van der Waals surface area (Å²) in [6.07, 6.45) is 0. The normalized spacial score (nSPS) is 11.1. The van der Waals surface area contributed by atoms with Crippen molar-refractivity contribution in [1.82, 2.24) is 0 Å². The van der Waals surface area contributed by atoms with Gasteiger partial charge in [-0.3, -0.25) is 14.1 Å². The van der Waals surface area contributed by atoms with Gasteiger partial charge in [-0.15, -0.1) is 0 Å². The zero-order valence-corrected chi connectivity index (χ0v) is 11.0. The molecule has 2 N–H and O–H groups in total. The SMILES string of the molecule is CC(=O)Nc1ccc(C)c(C(C)=O)c1S(=O)(=O)O. The largest absolute Gasteiger partial charge is 0.325 e. The Morgan fingerprint density at radius 3 is 2.17 bits per heavy atom. The summed E-state index contributed by atoms with van der Waals surface area (Å²) in [4.78, 5) is 21.9. The van der Waals surface area contributed by atoms with Gasteiger partial charge in [0.1, 0.15) is 4.90 Å². The third-order valence-electron chi connectivity index (χ3n) is 2.29. The fraction of sp³-hybridized carbons (Fsp3) is 0.273. The summed E-state index contributed by atoms with van der Waals surface area (Å²) in [5.74, 6) is -1.01. The molecule has 0 aliphatic carbocycles. The zero-order valence-electron chi connectivity index (χ0n) is 10.1. The minimum Gasteiger partial charge on any atom is -0.325 e. The van der Waals surface area contributed by atoms with Crippen LogP contribution in [0.15, 0.2) is 17.0 Å². The van der Waals surface area contributed by atoms with E-state index >= 15 is 0 Å². The van der Waals surface area contributed by atoms with Crippen LogP contribution in [0.1, 0.15) is 29.8 Å². The molecule has 1 aromatic carbocycles. The van der Waals surface area contributed by atoms with Crippen molar-refractivity contribution < 1.29 is 22.6 Å². The number of carbonyl (C=O) groups excluding carboxylic acids is 2. The van der Waals surface area contributed by atoms with E-state index in [1.54, 1.807) is 6.92 Å². The first-order valence-electron chi connectivity index (χ1n) is 5.04. The number of aryl methyl sites for hydroxylation is 1. The second kappa shape index (κ2) is 4.87. The predicted molar refractivity (Wildman–Crippen MR) is 65.3 cm³/mol. The molecule has 7 heteroatoms. The lowest BCUT2D eigenvalue weighted by Crippen LogP contribution is -2.15. The minimum absolute atomic E-state index is 0.110. The maximum atomic E-state index is 11.5. The Kier molecular flexibility index (Phi) is 3.88. The van der Waals surface area contributed by atoms with E-state index < -0.39 is 26.7 Å². The van der Waals surface area contributed by atoms with E-state index in [-0.39, 0.29) is 11.3 Å². The van der Waals surface area contributed by atoms with Crippen molar-refractivity contribution in [2.24, 2.45) is 0 Å². The van der Waals surface area contributed by atoms with Crippen molar-refractivity contribution >= 4 is 27.5 Å².